The van der Waals surface area contributed by atoms with Gasteiger partial charge in [0.05, 0.1) is 12.3 Å². The summed E-state index contributed by atoms with van der Waals surface area (Å²) in [5.74, 6) is -3.06. The molecule has 0 spiro atoms. The first kappa shape index (κ1) is 21.8. The average molecular weight is 262 g/mol. The molecule has 6 nitrogen and oxygen atoms in total. The zero-order valence-electron chi connectivity index (χ0n) is 11.1. The first-order valence-electron chi connectivity index (χ1n) is 5.69. The topological polar surface area (TPSA) is 145 Å². The molecule has 108 valence electrons. The van der Waals surface area contributed by atoms with Crippen molar-refractivity contribution in [2.24, 2.45) is 5.92 Å². The maximum Gasteiger partial charge on any atom is 0.310 e. The van der Waals surface area contributed by atoms with Gasteiger partial charge >= 0.3 is 11.9 Å². The minimum atomic E-state index is -1.08. The molecule has 0 rings (SSSR count). The molecule has 1 atom stereocenters. The van der Waals surface area contributed by atoms with Crippen molar-refractivity contribution in [2.75, 3.05) is 0 Å². The quantitative estimate of drug-likeness (QED) is 0.371. The summed E-state index contributed by atoms with van der Waals surface area (Å²) < 4.78 is 0. The van der Waals surface area contributed by atoms with Crippen LogP contribution >= 0.6 is 0 Å². The molecule has 0 amide bonds. The van der Waals surface area contributed by atoms with Crippen LogP contribution in [0.1, 0.15) is 45.4 Å². The zero-order valence-corrected chi connectivity index (χ0v) is 11.1. The van der Waals surface area contributed by atoms with Crippen LogP contribution in [0.3, 0.4) is 0 Å². The second kappa shape index (κ2) is 13.7. The predicted octanol–water partition coefficient (Wildman–Crippen LogP) is 3.01. The Labute approximate surface area is 108 Å². The van der Waals surface area contributed by atoms with Gasteiger partial charge in [0.2, 0.25) is 0 Å². The lowest BCUT2D eigenvalue weighted by Gasteiger charge is -2.03. The van der Waals surface area contributed by atoms with Gasteiger partial charge in [-0.15, -0.1) is 0 Å². The Morgan fingerprint density at radius 2 is 1.72 bits per heavy atom. The van der Waals surface area contributed by atoms with Crippen LogP contribution in [0.2, 0.25) is 0 Å². The van der Waals surface area contributed by atoms with Gasteiger partial charge < -0.3 is 22.5 Å². The molecule has 0 saturated carbocycles. The van der Waals surface area contributed by atoms with Crippen molar-refractivity contribution in [1.82, 2.24) is 12.3 Å². The molecule has 18 heavy (non-hydrogen) atoms. The fraction of sp³-hybridized carbons (Fsp3) is 0.667. The van der Waals surface area contributed by atoms with Gasteiger partial charge in [-0.3, -0.25) is 9.59 Å². The molecular formula is C12H26N2O4. The van der Waals surface area contributed by atoms with Crippen LogP contribution < -0.4 is 12.3 Å². The number of carbonyl (C=O) groups is 2. The minimum absolute atomic E-state index is 0. The van der Waals surface area contributed by atoms with Crippen LogP contribution in [0.5, 0.6) is 0 Å². The van der Waals surface area contributed by atoms with Gasteiger partial charge in [-0.25, -0.2) is 0 Å². The summed E-state index contributed by atoms with van der Waals surface area (Å²) in [7, 11) is 0. The lowest BCUT2D eigenvalue weighted by atomic mass is 10.0. The van der Waals surface area contributed by atoms with E-state index < -0.39 is 17.9 Å². The van der Waals surface area contributed by atoms with Crippen LogP contribution in [0.4, 0.5) is 0 Å². The van der Waals surface area contributed by atoms with E-state index in [1.165, 1.54) is 18.9 Å². The second-order valence-corrected chi connectivity index (χ2v) is 3.82. The van der Waals surface area contributed by atoms with Crippen LogP contribution in [-0.4, -0.2) is 22.2 Å². The Kier molecular flexibility index (Phi) is 16.6. The minimum Gasteiger partial charge on any atom is -0.481 e. The SMILES string of the molecule is CCCCCC/C=C/C(CC(=O)O)C(=O)O.N.N. The monoisotopic (exact) mass is 262 g/mol. The number of allylic oxidation sites excluding steroid dienone is 1. The third-order valence-corrected chi connectivity index (χ3v) is 2.30. The summed E-state index contributed by atoms with van der Waals surface area (Å²) >= 11 is 0. The third-order valence-electron chi connectivity index (χ3n) is 2.30. The largest absolute Gasteiger partial charge is 0.481 e. The number of carboxylic acids is 2. The molecule has 1 unspecified atom stereocenters. The number of rotatable bonds is 9. The number of hydrogen-bond acceptors (Lipinski definition) is 4. The maximum absolute atomic E-state index is 10.7. The molecule has 0 heterocycles. The van der Waals surface area contributed by atoms with Gasteiger partial charge in [0.25, 0.3) is 0 Å². The molecule has 0 bridgehead atoms. The van der Waals surface area contributed by atoms with Gasteiger partial charge in [-0.05, 0) is 12.8 Å². The Morgan fingerprint density at radius 1 is 1.11 bits per heavy atom. The Morgan fingerprint density at radius 3 is 2.17 bits per heavy atom. The summed E-state index contributed by atoms with van der Waals surface area (Å²) in [4.78, 5) is 21.1. The number of hydrogen-bond donors (Lipinski definition) is 4. The second-order valence-electron chi connectivity index (χ2n) is 3.82. The average Bonchev–Trinajstić information content (AvgIpc) is 2.20. The maximum atomic E-state index is 10.7. The highest BCUT2D eigenvalue weighted by Crippen LogP contribution is 2.08. The highest BCUT2D eigenvalue weighted by Gasteiger charge is 2.17. The van der Waals surface area contributed by atoms with Crippen molar-refractivity contribution >= 4 is 11.9 Å². The van der Waals surface area contributed by atoms with Crippen LogP contribution in [0.15, 0.2) is 12.2 Å². The smallest absolute Gasteiger partial charge is 0.310 e. The number of aliphatic carboxylic acids is 2. The Hall–Kier alpha value is -1.40. The summed E-state index contributed by atoms with van der Waals surface area (Å²) in [5, 5.41) is 17.3. The molecule has 0 aromatic rings. The molecule has 0 saturated heterocycles. The van der Waals surface area contributed by atoms with E-state index in [-0.39, 0.29) is 18.7 Å². The number of unbranched alkanes of at least 4 members (excludes halogenated alkanes) is 4. The highest BCUT2D eigenvalue weighted by molar-refractivity contribution is 5.79. The molecule has 0 aromatic heterocycles. The summed E-state index contributed by atoms with van der Waals surface area (Å²) in [6.45, 7) is 2.13. The van der Waals surface area contributed by atoms with Crippen LogP contribution in [0.25, 0.3) is 0 Å². The standard InChI is InChI=1S/C12H20O4.2H3N/c1-2-3-4-5-6-7-8-10(12(15)16)9-11(13)14;;/h7-8,10H,2-6,9H2,1H3,(H,13,14)(H,15,16);2*1H3/b8-7+;;. The molecule has 0 aromatic carbocycles. The molecule has 0 aliphatic rings. The van der Waals surface area contributed by atoms with E-state index in [9.17, 15) is 9.59 Å². The fourth-order valence-electron chi connectivity index (χ4n) is 1.38. The molecule has 0 fully saturated rings. The van der Waals surface area contributed by atoms with Gasteiger partial charge in [0.1, 0.15) is 0 Å². The van der Waals surface area contributed by atoms with Crippen molar-refractivity contribution in [1.29, 1.82) is 0 Å². The van der Waals surface area contributed by atoms with Gasteiger partial charge in [0.15, 0.2) is 0 Å². The van der Waals surface area contributed by atoms with E-state index in [4.69, 9.17) is 10.2 Å². The Balaban J connectivity index is -0.00000112. The van der Waals surface area contributed by atoms with Gasteiger partial charge in [-0.1, -0.05) is 38.3 Å². The van der Waals surface area contributed by atoms with Crippen molar-refractivity contribution in [3.8, 4) is 0 Å². The van der Waals surface area contributed by atoms with E-state index in [1.807, 2.05) is 0 Å². The molecule has 0 aliphatic heterocycles. The summed E-state index contributed by atoms with van der Waals surface area (Å²) in [5.41, 5.74) is 0. The van der Waals surface area contributed by atoms with E-state index in [0.29, 0.717) is 0 Å². The van der Waals surface area contributed by atoms with E-state index in [1.54, 1.807) is 6.08 Å². The van der Waals surface area contributed by atoms with Crippen molar-refractivity contribution in [2.45, 2.75) is 45.4 Å². The van der Waals surface area contributed by atoms with Crippen molar-refractivity contribution in [3.05, 3.63) is 12.2 Å². The van der Waals surface area contributed by atoms with Crippen molar-refractivity contribution in [3.63, 3.8) is 0 Å². The van der Waals surface area contributed by atoms with Gasteiger partial charge in [-0.2, -0.15) is 0 Å². The number of carboxylic acid groups (broad SMARTS) is 2. The molecular weight excluding hydrogens is 236 g/mol. The van der Waals surface area contributed by atoms with E-state index >= 15 is 0 Å². The van der Waals surface area contributed by atoms with Crippen LogP contribution in [0, 0.1) is 5.92 Å². The molecule has 8 N–H and O–H groups in total. The highest BCUT2D eigenvalue weighted by atomic mass is 16.4. The molecule has 0 aliphatic carbocycles. The Bertz CT molecular complexity index is 254. The molecule has 0 radical (unpaired) electrons. The first-order valence-corrected chi connectivity index (χ1v) is 5.69. The first-order chi connectivity index (χ1) is 7.57. The summed E-state index contributed by atoms with van der Waals surface area (Å²) in [6.07, 6.45) is 8.26. The zero-order chi connectivity index (χ0) is 12.4. The lowest BCUT2D eigenvalue weighted by Crippen LogP contribution is -2.15. The fourth-order valence-corrected chi connectivity index (χ4v) is 1.38. The summed E-state index contributed by atoms with van der Waals surface area (Å²) in [6, 6.07) is 0. The molecule has 6 heteroatoms. The predicted molar refractivity (Wildman–Crippen MR) is 71.3 cm³/mol. The van der Waals surface area contributed by atoms with E-state index in [0.717, 1.165) is 19.3 Å². The normalized spacial score (nSPS) is 11.4. The lowest BCUT2D eigenvalue weighted by molar-refractivity contribution is -0.146. The van der Waals surface area contributed by atoms with E-state index in [2.05, 4.69) is 6.92 Å². The van der Waals surface area contributed by atoms with Crippen molar-refractivity contribution < 1.29 is 19.8 Å². The third kappa shape index (κ3) is 12.7. The van der Waals surface area contributed by atoms with Gasteiger partial charge in [0, 0.05) is 0 Å². The van der Waals surface area contributed by atoms with Crippen LogP contribution in [-0.2, 0) is 9.59 Å².